The summed E-state index contributed by atoms with van der Waals surface area (Å²) >= 11 is 3.43. The Morgan fingerprint density at radius 3 is 2.45 bits per heavy atom. The molecule has 0 N–H and O–H groups in total. The summed E-state index contributed by atoms with van der Waals surface area (Å²) in [6.45, 7) is 1.96. The van der Waals surface area contributed by atoms with E-state index in [-0.39, 0.29) is 0 Å². The topological polar surface area (TPSA) is 49.6 Å². The quantitative estimate of drug-likeness (QED) is 0.832. The van der Waals surface area contributed by atoms with Gasteiger partial charge in [0.15, 0.2) is 0 Å². The minimum Gasteiger partial charge on any atom is -0.236 e. The number of hydrogen-bond acceptors (Lipinski definition) is 3. The Hall–Kier alpha value is -1.73. The highest BCUT2D eigenvalue weighted by Crippen LogP contribution is 2.42. The average Bonchev–Trinajstić information content (AvgIpc) is 2.38. The summed E-state index contributed by atoms with van der Waals surface area (Å²) in [6.07, 6.45) is 2.82. The second kappa shape index (κ2) is 4.99. The highest BCUT2D eigenvalue weighted by Gasteiger charge is 2.42. The van der Waals surface area contributed by atoms with Crippen LogP contribution < -0.4 is 0 Å². The van der Waals surface area contributed by atoms with Crippen molar-refractivity contribution in [2.24, 2.45) is 0 Å². The molecule has 0 unspecified atom stereocenters. The van der Waals surface area contributed by atoms with Crippen LogP contribution in [0.1, 0.15) is 30.8 Å². The fourth-order valence-electron chi connectivity index (χ4n) is 2.47. The Bertz CT molecular complexity index is 682. The summed E-state index contributed by atoms with van der Waals surface area (Å²) in [4.78, 5) is 9.15. The smallest absolute Gasteiger partial charge is 0.149 e. The summed E-state index contributed by atoms with van der Waals surface area (Å²) in [5.41, 5.74) is 2.39. The lowest BCUT2D eigenvalue weighted by atomic mass is 9.69. The maximum atomic E-state index is 9.44. The van der Waals surface area contributed by atoms with Crippen molar-refractivity contribution in [3.63, 3.8) is 0 Å². The van der Waals surface area contributed by atoms with E-state index in [0.717, 1.165) is 40.7 Å². The molecule has 0 spiro atoms. The number of aryl methyl sites for hydroxylation is 1. The maximum Gasteiger partial charge on any atom is 0.149 e. The van der Waals surface area contributed by atoms with Gasteiger partial charge in [0.05, 0.1) is 11.8 Å². The first-order chi connectivity index (χ1) is 9.63. The van der Waals surface area contributed by atoms with Gasteiger partial charge in [-0.25, -0.2) is 9.97 Å². The zero-order chi connectivity index (χ0) is 14.2. The lowest BCUT2D eigenvalue weighted by Gasteiger charge is -2.33. The molecule has 4 heteroatoms. The minimum absolute atomic E-state index is 0.462. The molecule has 1 aliphatic carbocycles. The summed E-state index contributed by atoms with van der Waals surface area (Å²) in [7, 11) is 0. The summed E-state index contributed by atoms with van der Waals surface area (Å²) in [5, 5.41) is 9.44. The van der Waals surface area contributed by atoms with E-state index in [4.69, 9.17) is 0 Å². The van der Waals surface area contributed by atoms with Crippen LogP contribution in [0.5, 0.6) is 0 Å². The molecule has 0 atom stereocenters. The molecule has 1 saturated carbocycles. The van der Waals surface area contributed by atoms with E-state index in [1.807, 2.05) is 37.3 Å². The predicted molar refractivity (Wildman–Crippen MR) is 81.0 cm³/mol. The number of benzene rings is 1. The fraction of sp³-hybridized carbons (Fsp3) is 0.312. The van der Waals surface area contributed by atoms with Crippen molar-refractivity contribution in [1.29, 1.82) is 5.26 Å². The molecule has 20 heavy (non-hydrogen) atoms. The van der Waals surface area contributed by atoms with Gasteiger partial charge in [0, 0.05) is 15.7 Å². The number of halogens is 1. The predicted octanol–water partition coefficient (Wildman–Crippen LogP) is 4.16. The Morgan fingerprint density at radius 1 is 1.20 bits per heavy atom. The third-order valence-electron chi connectivity index (χ3n) is 3.84. The van der Waals surface area contributed by atoms with E-state index < -0.39 is 5.41 Å². The van der Waals surface area contributed by atoms with Gasteiger partial charge in [0.2, 0.25) is 0 Å². The van der Waals surface area contributed by atoms with Crippen LogP contribution in [0.15, 0.2) is 34.8 Å². The summed E-state index contributed by atoms with van der Waals surface area (Å²) < 4.78 is 1.04. The van der Waals surface area contributed by atoms with E-state index >= 15 is 0 Å². The van der Waals surface area contributed by atoms with Crippen LogP contribution >= 0.6 is 15.9 Å². The van der Waals surface area contributed by atoms with Crippen LogP contribution in [0.25, 0.3) is 11.3 Å². The maximum absolute atomic E-state index is 9.44. The third kappa shape index (κ3) is 2.23. The first-order valence-corrected chi connectivity index (χ1v) is 7.46. The zero-order valence-corrected chi connectivity index (χ0v) is 12.8. The van der Waals surface area contributed by atoms with Crippen molar-refractivity contribution >= 4 is 15.9 Å². The largest absolute Gasteiger partial charge is 0.236 e. The molecule has 1 fully saturated rings. The van der Waals surface area contributed by atoms with Gasteiger partial charge >= 0.3 is 0 Å². The molecule has 0 radical (unpaired) electrons. The molecule has 100 valence electrons. The van der Waals surface area contributed by atoms with Gasteiger partial charge in [-0.05, 0) is 44.4 Å². The monoisotopic (exact) mass is 327 g/mol. The summed E-state index contributed by atoms with van der Waals surface area (Å²) in [5.74, 6) is 0.684. The Balaban J connectivity index is 2.07. The van der Waals surface area contributed by atoms with Crippen molar-refractivity contribution in [3.05, 3.63) is 46.3 Å². The second-order valence-corrected chi connectivity index (χ2v) is 6.19. The zero-order valence-electron chi connectivity index (χ0n) is 11.2. The molecule has 3 rings (SSSR count). The van der Waals surface area contributed by atoms with Crippen LogP contribution in [0.4, 0.5) is 0 Å². The van der Waals surface area contributed by atoms with E-state index in [2.05, 4.69) is 32.0 Å². The van der Waals surface area contributed by atoms with E-state index in [1.54, 1.807) is 0 Å². The molecule has 0 saturated heterocycles. The molecule has 1 heterocycles. The average molecular weight is 328 g/mol. The normalized spacial score (nSPS) is 16.2. The molecule has 1 aromatic carbocycles. The highest BCUT2D eigenvalue weighted by molar-refractivity contribution is 9.10. The molecule has 0 aliphatic heterocycles. The second-order valence-electron chi connectivity index (χ2n) is 5.27. The molecule has 2 aromatic rings. The minimum atomic E-state index is -0.462. The van der Waals surface area contributed by atoms with Crippen LogP contribution in [-0.2, 0) is 5.41 Å². The Kier molecular flexibility index (Phi) is 3.31. The standard InChI is InChI=1S/C16H14BrN3/c1-11-9-14(12-3-5-13(17)6-4-12)20-15(19-11)16(10-18)7-2-8-16/h3-6,9H,2,7-8H2,1H3. The fourth-order valence-corrected chi connectivity index (χ4v) is 2.73. The molecular weight excluding hydrogens is 314 g/mol. The Morgan fingerprint density at radius 2 is 1.90 bits per heavy atom. The van der Waals surface area contributed by atoms with Crippen molar-refractivity contribution < 1.29 is 0 Å². The van der Waals surface area contributed by atoms with Gasteiger partial charge in [-0.3, -0.25) is 0 Å². The van der Waals surface area contributed by atoms with Crippen LogP contribution in [0.3, 0.4) is 0 Å². The lowest BCUT2D eigenvalue weighted by molar-refractivity contribution is 0.307. The molecule has 0 amide bonds. The van der Waals surface area contributed by atoms with Crippen molar-refractivity contribution in [1.82, 2.24) is 9.97 Å². The van der Waals surface area contributed by atoms with Gasteiger partial charge in [-0.2, -0.15) is 5.26 Å². The summed E-state index contributed by atoms with van der Waals surface area (Å²) in [6, 6.07) is 12.4. The SMILES string of the molecule is Cc1cc(-c2ccc(Br)cc2)nc(C2(C#N)CCC2)n1. The van der Waals surface area contributed by atoms with Crippen molar-refractivity contribution in [3.8, 4) is 17.3 Å². The van der Waals surface area contributed by atoms with Gasteiger partial charge in [-0.15, -0.1) is 0 Å². The number of aromatic nitrogens is 2. The number of rotatable bonds is 2. The molecule has 1 aliphatic rings. The van der Waals surface area contributed by atoms with E-state index in [1.165, 1.54) is 0 Å². The van der Waals surface area contributed by atoms with Crippen LogP contribution in [-0.4, -0.2) is 9.97 Å². The highest BCUT2D eigenvalue weighted by atomic mass is 79.9. The number of hydrogen-bond donors (Lipinski definition) is 0. The Labute approximate surface area is 126 Å². The van der Waals surface area contributed by atoms with Gasteiger partial charge in [0.25, 0.3) is 0 Å². The number of nitrogens with zero attached hydrogens (tertiary/aromatic N) is 3. The van der Waals surface area contributed by atoms with Crippen molar-refractivity contribution in [2.75, 3.05) is 0 Å². The van der Waals surface area contributed by atoms with Crippen LogP contribution in [0, 0.1) is 18.3 Å². The van der Waals surface area contributed by atoms with Crippen molar-refractivity contribution in [2.45, 2.75) is 31.6 Å². The van der Waals surface area contributed by atoms with E-state index in [0.29, 0.717) is 5.82 Å². The van der Waals surface area contributed by atoms with Gasteiger partial charge in [-0.1, -0.05) is 28.1 Å². The first kappa shape index (κ1) is 13.3. The molecule has 1 aromatic heterocycles. The first-order valence-electron chi connectivity index (χ1n) is 6.66. The van der Waals surface area contributed by atoms with Gasteiger partial charge < -0.3 is 0 Å². The van der Waals surface area contributed by atoms with E-state index in [9.17, 15) is 5.26 Å². The molecular formula is C16H14BrN3. The van der Waals surface area contributed by atoms with Crippen LogP contribution in [0.2, 0.25) is 0 Å². The molecule has 3 nitrogen and oxygen atoms in total. The number of nitriles is 1. The lowest BCUT2D eigenvalue weighted by Crippen LogP contribution is -2.34. The van der Waals surface area contributed by atoms with Gasteiger partial charge in [0.1, 0.15) is 11.2 Å². The molecule has 0 bridgehead atoms. The third-order valence-corrected chi connectivity index (χ3v) is 4.37.